The zero-order valence-corrected chi connectivity index (χ0v) is 13.0. The van der Waals surface area contributed by atoms with Crippen molar-refractivity contribution in [1.29, 1.82) is 0 Å². The number of halogens is 2. The molecule has 1 heterocycles. The molecule has 1 aliphatic rings. The van der Waals surface area contributed by atoms with Crippen LogP contribution in [0.2, 0.25) is 5.02 Å². The largest absolute Gasteiger partial charge is 0.457 e. The molecule has 0 bridgehead atoms. The monoisotopic (exact) mass is 353 g/mol. The Hall–Kier alpha value is -1.26. The zero-order chi connectivity index (χ0) is 14.1. The van der Waals surface area contributed by atoms with Crippen molar-refractivity contribution in [2.45, 2.75) is 25.4 Å². The molecule has 0 unspecified atom stereocenters. The molecule has 1 saturated carbocycles. The molecule has 0 radical (unpaired) electrons. The molecular weight excluding hydrogens is 342 g/mol. The SMILES string of the molecule is O=C(c1ccoc1Br)N(Cc1ccc(Cl)cc1)C1CC1. The Morgan fingerprint density at radius 1 is 1.30 bits per heavy atom. The lowest BCUT2D eigenvalue weighted by Gasteiger charge is -2.22. The van der Waals surface area contributed by atoms with Gasteiger partial charge in [0.2, 0.25) is 0 Å². The van der Waals surface area contributed by atoms with Gasteiger partial charge in [0.15, 0.2) is 4.67 Å². The number of furan rings is 1. The number of hydrogen-bond acceptors (Lipinski definition) is 2. The second-order valence-electron chi connectivity index (χ2n) is 4.90. The van der Waals surface area contributed by atoms with E-state index in [1.807, 2.05) is 29.2 Å². The summed E-state index contributed by atoms with van der Waals surface area (Å²) in [6.45, 7) is 0.596. The Labute approximate surface area is 130 Å². The van der Waals surface area contributed by atoms with Crippen molar-refractivity contribution in [1.82, 2.24) is 4.90 Å². The quantitative estimate of drug-likeness (QED) is 0.810. The van der Waals surface area contributed by atoms with Crippen molar-refractivity contribution < 1.29 is 9.21 Å². The maximum Gasteiger partial charge on any atom is 0.258 e. The van der Waals surface area contributed by atoms with E-state index in [1.54, 1.807) is 6.07 Å². The average molecular weight is 355 g/mol. The fraction of sp³-hybridized carbons (Fsp3) is 0.267. The summed E-state index contributed by atoms with van der Waals surface area (Å²) in [4.78, 5) is 14.5. The third-order valence-electron chi connectivity index (χ3n) is 3.36. The lowest BCUT2D eigenvalue weighted by molar-refractivity contribution is 0.0728. The number of carbonyl (C=O) groups excluding carboxylic acids is 1. The third kappa shape index (κ3) is 2.91. The van der Waals surface area contributed by atoms with Gasteiger partial charge < -0.3 is 9.32 Å². The van der Waals surface area contributed by atoms with Crippen molar-refractivity contribution in [3.8, 4) is 0 Å². The zero-order valence-electron chi connectivity index (χ0n) is 10.7. The van der Waals surface area contributed by atoms with Gasteiger partial charge in [-0.15, -0.1) is 0 Å². The Morgan fingerprint density at radius 3 is 2.55 bits per heavy atom. The van der Waals surface area contributed by atoms with Crippen LogP contribution in [0.25, 0.3) is 0 Å². The minimum atomic E-state index is 0.00285. The number of benzene rings is 1. The standard InChI is InChI=1S/C15H13BrClNO2/c16-14-13(7-8-20-14)15(19)18(12-5-6-12)9-10-1-3-11(17)4-2-10/h1-4,7-8,12H,5-6,9H2. The van der Waals surface area contributed by atoms with Gasteiger partial charge in [0, 0.05) is 17.6 Å². The van der Waals surface area contributed by atoms with Gasteiger partial charge in [-0.25, -0.2) is 0 Å². The van der Waals surface area contributed by atoms with Gasteiger partial charge in [0.1, 0.15) is 0 Å². The van der Waals surface area contributed by atoms with Crippen LogP contribution in [0, 0.1) is 0 Å². The van der Waals surface area contributed by atoms with Crippen molar-refractivity contribution >= 4 is 33.4 Å². The summed E-state index contributed by atoms with van der Waals surface area (Å²) in [5.41, 5.74) is 1.65. The van der Waals surface area contributed by atoms with Crippen LogP contribution >= 0.6 is 27.5 Å². The molecule has 1 aliphatic carbocycles. The molecule has 0 atom stereocenters. The molecule has 3 rings (SSSR count). The van der Waals surface area contributed by atoms with Crippen LogP contribution < -0.4 is 0 Å². The predicted octanol–water partition coefficient (Wildman–Crippen LogP) is 4.50. The molecule has 1 aromatic carbocycles. The highest BCUT2D eigenvalue weighted by atomic mass is 79.9. The van der Waals surface area contributed by atoms with Crippen LogP contribution in [0.5, 0.6) is 0 Å². The second kappa shape index (κ2) is 5.62. The van der Waals surface area contributed by atoms with Crippen molar-refractivity contribution in [2.75, 3.05) is 0 Å². The molecule has 3 nitrogen and oxygen atoms in total. The maximum absolute atomic E-state index is 12.6. The molecule has 0 aliphatic heterocycles. The minimum absolute atomic E-state index is 0.00285. The molecule has 2 aromatic rings. The smallest absolute Gasteiger partial charge is 0.258 e. The molecule has 0 saturated heterocycles. The first-order valence-corrected chi connectivity index (χ1v) is 7.60. The van der Waals surface area contributed by atoms with Gasteiger partial charge in [-0.05, 0) is 52.5 Å². The van der Waals surface area contributed by atoms with E-state index in [-0.39, 0.29) is 5.91 Å². The summed E-state index contributed by atoms with van der Waals surface area (Å²) in [7, 11) is 0. The molecule has 0 N–H and O–H groups in total. The highest BCUT2D eigenvalue weighted by Crippen LogP contribution is 2.31. The van der Waals surface area contributed by atoms with Crippen LogP contribution in [0.4, 0.5) is 0 Å². The highest BCUT2D eigenvalue weighted by molar-refractivity contribution is 9.10. The second-order valence-corrected chi connectivity index (χ2v) is 6.06. The third-order valence-corrected chi connectivity index (χ3v) is 4.23. The van der Waals surface area contributed by atoms with Gasteiger partial charge >= 0.3 is 0 Å². The molecule has 0 spiro atoms. The predicted molar refractivity (Wildman–Crippen MR) is 80.8 cm³/mol. The molecular formula is C15H13BrClNO2. The summed E-state index contributed by atoms with van der Waals surface area (Å²) < 4.78 is 5.64. The Kier molecular flexibility index (Phi) is 3.85. The Bertz CT molecular complexity index is 619. The van der Waals surface area contributed by atoms with Gasteiger partial charge in [-0.3, -0.25) is 4.79 Å². The van der Waals surface area contributed by atoms with E-state index in [0.29, 0.717) is 27.8 Å². The first kappa shape index (κ1) is 13.7. The average Bonchev–Trinajstić information content (AvgIpc) is 3.19. The van der Waals surface area contributed by atoms with E-state index in [1.165, 1.54) is 6.26 Å². The summed E-state index contributed by atoms with van der Waals surface area (Å²) >= 11 is 9.16. The Morgan fingerprint density at radius 2 is 2.00 bits per heavy atom. The number of carbonyl (C=O) groups is 1. The lowest BCUT2D eigenvalue weighted by atomic mass is 10.2. The van der Waals surface area contributed by atoms with Gasteiger partial charge in [-0.1, -0.05) is 23.7 Å². The lowest BCUT2D eigenvalue weighted by Crippen LogP contribution is -2.32. The minimum Gasteiger partial charge on any atom is -0.457 e. The number of nitrogens with zero attached hydrogens (tertiary/aromatic N) is 1. The fourth-order valence-corrected chi connectivity index (χ4v) is 2.68. The van der Waals surface area contributed by atoms with Gasteiger partial charge in [0.25, 0.3) is 5.91 Å². The van der Waals surface area contributed by atoms with E-state index in [4.69, 9.17) is 16.0 Å². The molecule has 1 fully saturated rings. The number of hydrogen-bond donors (Lipinski definition) is 0. The van der Waals surface area contributed by atoms with Gasteiger partial charge in [0.05, 0.1) is 11.8 Å². The van der Waals surface area contributed by atoms with Crippen molar-refractivity contribution in [3.63, 3.8) is 0 Å². The summed E-state index contributed by atoms with van der Waals surface area (Å²) in [6.07, 6.45) is 3.65. The Balaban J connectivity index is 1.81. The molecule has 104 valence electrons. The molecule has 20 heavy (non-hydrogen) atoms. The topological polar surface area (TPSA) is 33.5 Å². The van der Waals surface area contributed by atoms with Crippen LogP contribution in [-0.2, 0) is 6.54 Å². The van der Waals surface area contributed by atoms with E-state index in [9.17, 15) is 4.79 Å². The van der Waals surface area contributed by atoms with Gasteiger partial charge in [-0.2, -0.15) is 0 Å². The highest BCUT2D eigenvalue weighted by Gasteiger charge is 2.34. The maximum atomic E-state index is 12.6. The summed E-state index contributed by atoms with van der Waals surface area (Å²) in [6, 6.07) is 9.63. The fourth-order valence-electron chi connectivity index (χ4n) is 2.14. The normalized spacial score (nSPS) is 14.3. The van der Waals surface area contributed by atoms with Crippen molar-refractivity contribution in [2.24, 2.45) is 0 Å². The van der Waals surface area contributed by atoms with E-state index in [0.717, 1.165) is 18.4 Å². The van der Waals surface area contributed by atoms with Crippen LogP contribution in [0.3, 0.4) is 0 Å². The van der Waals surface area contributed by atoms with Crippen LogP contribution in [0.15, 0.2) is 45.7 Å². The first-order chi connectivity index (χ1) is 9.65. The van der Waals surface area contributed by atoms with Crippen LogP contribution in [0.1, 0.15) is 28.8 Å². The van der Waals surface area contributed by atoms with Crippen LogP contribution in [-0.4, -0.2) is 16.8 Å². The molecule has 1 aromatic heterocycles. The summed E-state index contributed by atoms with van der Waals surface area (Å²) in [5, 5.41) is 0.704. The first-order valence-electron chi connectivity index (χ1n) is 6.43. The molecule has 5 heteroatoms. The molecule has 1 amide bonds. The van der Waals surface area contributed by atoms with E-state index >= 15 is 0 Å². The van der Waals surface area contributed by atoms with E-state index in [2.05, 4.69) is 15.9 Å². The number of rotatable bonds is 4. The number of amides is 1. The summed E-state index contributed by atoms with van der Waals surface area (Å²) in [5.74, 6) is 0.00285. The van der Waals surface area contributed by atoms with Crippen molar-refractivity contribution in [3.05, 3.63) is 57.4 Å². The van der Waals surface area contributed by atoms with E-state index < -0.39 is 0 Å².